The van der Waals surface area contributed by atoms with E-state index >= 15 is 0 Å². The number of benzene rings is 1. The molecule has 1 aromatic carbocycles. The van der Waals surface area contributed by atoms with Crippen LogP contribution < -0.4 is 5.32 Å². The topological polar surface area (TPSA) is 51.2 Å². The van der Waals surface area contributed by atoms with Crippen LogP contribution in [0.1, 0.15) is 33.3 Å². The number of ether oxygens (including phenoxy) is 1. The SMILES string of the molecule is O=C(Cc1ccc([C@@H]2CNCCO2)nc1)c1ccc(C(F)(F)F)cc1. The van der Waals surface area contributed by atoms with Crippen molar-refractivity contribution in [1.82, 2.24) is 10.3 Å². The van der Waals surface area contributed by atoms with Gasteiger partial charge in [-0.05, 0) is 23.8 Å². The van der Waals surface area contributed by atoms with Crippen molar-refractivity contribution in [3.8, 4) is 0 Å². The number of Topliss-reactive ketones (excluding diaryl/α,β-unsaturated/α-hetero) is 1. The van der Waals surface area contributed by atoms with Crippen LogP contribution in [0.2, 0.25) is 0 Å². The Balaban J connectivity index is 1.64. The number of rotatable bonds is 4. The summed E-state index contributed by atoms with van der Waals surface area (Å²) in [7, 11) is 0. The van der Waals surface area contributed by atoms with Gasteiger partial charge in [0.05, 0.1) is 17.9 Å². The first-order chi connectivity index (χ1) is 11.9. The summed E-state index contributed by atoms with van der Waals surface area (Å²) in [5.74, 6) is -0.251. The van der Waals surface area contributed by atoms with Crippen molar-refractivity contribution in [2.45, 2.75) is 18.7 Å². The van der Waals surface area contributed by atoms with E-state index in [0.29, 0.717) is 18.7 Å². The lowest BCUT2D eigenvalue weighted by Crippen LogP contribution is -2.33. The summed E-state index contributed by atoms with van der Waals surface area (Å²) in [5.41, 5.74) is 0.975. The van der Waals surface area contributed by atoms with Crippen LogP contribution in [-0.4, -0.2) is 30.5 Å². The first-order valence-corrected chi connectivity index (χ1v) is 7.91. The van der Waals surface area contributed by atoms with Crippen LogP contribution in [0.4, 0.5) is 13.2 Å². The Labute approximate surface area is 143 Å². The van der Waals surface area contributed by atoms with Gasteiger partial charge in [0.25, 0.3) is 0 Å². The van der Waals surface area contributed by atoms with Crippen molar-refractivity contribution in [2.75, 3.05) is 19.7 Å². The molecule has 1 aromatic heterocycles. The average molecular weight is 350 g/mol. The number of hydrogen-bond donors (Lipinski definition) is 1. The maximum absolute atomic E-state index is 12.6. The van der Waals surface area contributed by atoms with E-state index in [1.165, 1.54) is 12.1 Å². The summed E-state index contributed by atoms with van der Waals surface area (Å²) in [5, 5.41) is 3.22. The van der Waals surface area contributed by atoms with Gasteiger partial charge in [-0.1, -0.05) is 18.2 Å². The molecule has 132 valence electrons. The number of nitrogens with one attached hydrogen (secondary N) is 1. The summed E-state index contributed by atoms with van der Waals surface area (Å²) in [6.07, 6.45) is -2.82. The van der Waals surface area contributed by atoms with Gasteiger partial charge in [0, 0.05) is 31.3 Å². The lowest BCUT2D eigenvalue weighted by Gasteiger charge is -2.23. The van der Waals surface area contributed by atoms with E-state index < -0.39 is 11.7 Å². The number of aromatic nitrogens is 1. The van der Waals surface area contributed by atoms with Gasteiger partial charge in [-0.15, -0.1) is 0 Å². The van der Waals surface area contributed by atoms with Crippen LogP contribution in [0.5, 0.6) is 0 Å². The molecular weight excluding hydrogens is 333 g/mol. The highest BCUT2D eigenvalue weighted by Crippen LogP contribution is 2.29. The van der Waals surface area contributed by atoms with Gasteiger partial charge in [-0.2, -0.15) is 13.2 Å². The molecule has 0 spiro atoms. The number of morpholine rings is 1. The van der Waals surface area contributed by atoms with E-state index in [9.17, 15) is 18.0 Å². The number of halogens is 3. The minimum Gasteiger partial charge on any atom is -0.369 e. The molecule has 1 N–H and O–H groups in total. The monoisotopic (exact) mass is 350 g/mol. The molecule has 1 saturated heterocycles. The molecule has 1 atom stereocenters. The predicted octanol–water partition coefficient (Wildman–Crippen LogP) is 3.19. The molecule has 0 aliphatic carbocycles. The summed E-state index contributed by atoms with van der Waals surface area (Å²) in [4.78, 5) is 16.5. The molecule has 4 nitrogen and oxygen atoms in total. The first kappa shape index (κ1) is 17.6. The van der Waals surface area contributed by atoms with Gasteiger partial charge < -0.3 is 10.1 Å². The van der Waals surface area contributed by atoms with Crippen molar-refractivity contribution in [2.24, 2.45) is 0 Å². The highest BCUT2D eigenvalue weighted by atomic mass is 19.4. The van der Waals surface area contributed by atoms with Gasteiger partial charge >= 0.3 is 6.18 Å². The highest BCUT2D eigenvalue weighted by Gasteiger charge is 2.30. The third-order valence-corrected chi connectivity index (χ3v) is 4.00. The smallest absolute Gasteiger partial charge is 0.369 e. The van der Waals surface area contributed by atoms with Crippen LogP contribution in [0.15, 0.2) is 42.6 Å². The number of pyridine rings is 1. The molecule has 1 aliphatic rings. The maximum Gasteiger partial charge on any atom is 0.416 e. The Morgan fingerprint density at radius 3 is 2.52 bits per heavy atom. The molecule has 2 heterocycles. The third kappa shape index (κ3) is 4.43. The number of carbonyl (C=O) groups excluding carboxylic acids is 1. The van der Waals surface area contributed by atoms with Crippen LogP contribution in [-0.2, 0) is 17.3 Å². The van der Waals surface area contributed by atoms with Crippen molar-refractivity contribution >= 4 is 5.78 Å². The minimum absolute atomic E-state index is 0.0857. The molecule has 2 aromatic rings. The Morgan fingerprint density at radius 1 is 1.20 bits per heavy atom. The molecule has 0 radical (unpaired) electrons. The lowest BCUT2D eigenvalue weighted by atomic mass is 10.0. The number of ketones is 1. The Hall–Kier alpha value is -2.25. The van der Waals surface area contributed by atoms with Gasteiger partial charge in [0.1, 0.15) is 6.10 Å². The van der Waals surface area contributed by atoms with E-state index in [1.54, 1.807) is 12.3 Å². The molecule has 7 heteroatoms. The molecular formula is C18H17F3N2O2. The number of nitrogens with zero attached hydrogens (tertiary/aromatic N) is 1. The summed E-state index contributed by atoms with van der Waals surface area (Å²) < 4.78 is 43.3. The summed E-state index contributed by atoms with van der Waals surface area (Å²) in [6, 6.07) is 7.85. The zero-order chi connectivity index (χ0) is 17.9. The van der Waals surface area contributed by atoms with E-state index in [2.05, 4.69) is 10.3 Å². The molecule has 1 fully saturated rings. The largest absolute Gasteiger partial charge is 0.416 e. The zero-order valence-corrected chi connectivity index (χ0v) is 13.3. The molecule has 0 amide bonds. The van der Waals surface area contributed by atoms with Crippen LogP contribution in [0.25, 0.3) is 0 Å². The predicted molar refractivity (Wildman–Crippen MR) is 85.3 cm³/mol. The average Bonchev–Trinajstić information content (AvgIpc) is 2.62. The molecule has 0 bridgehead atoms. The quantitative estimate of drug-likeness (QED) is 0.861. The maximum atomic E-state index is 12.6. The van der Waals surface area contributed by atoms with E-state index in [0.717, 1.165) is 24.4 Å². The van der Waals surface area contributed by atoms with E-state index in [1.807, 2.05) is 6.07 Å². The van der Waals surface area contributed by atoms with Gasteiger partial charge in [-0.25, -0.2) is 0 Å². The molecule has 25 heavy (non-hydrogen) atoms. The summed E-state index contributed by atoms with van der Waals surface area (Å²) in [6.45, 7) is 2.13. The van der Waals surface area contributed by atoms with E-state index in [4.69, 9.17) is 4.74 Å². The Bertz CT molecular complexity index is 721. The van der Waals surface area contributed by atoms with Crippen molar-refractivity contribution in [1.29, 1.82) is 0 Å². The number of carbonyl (C=O) groups is 1. The number of alkyl halides is 3. The minimum atomic E-state index is -4.41. The van der Waals surface area contributed by atoms with Gasteiger partial charge in [0.2, 0.25) is 0 Å². The fourth-order valence-electron chi connectivity index (χ4n) is 2.62. The number of hydrogen-bond acceptors (Lipinski definition) is 4. The van der Waals surface area contributed by atoms with Crippen LogP contribution in [0.3, 0.4) is 0 Å². The lowest BCUT2D eigenvalue weighted by molar-refractivity contribution is -0.137. The van der Waals surface area contributed by atoms with Crippen LogP contribution in [0, 0.1) is 0 Å². The van der Waals surface area contributed by atoms with Crippen LogP contribution >= 0.6 is 0 Å². The Kier molecular flexibility index (Phi) is 5.15. The molecule has 1 aliphatic heterocycles. The second-order valence-electron chi connectivity index (χ2n) is 5.83. The standard InChI is InChI=1S/C18H17F3N2O2/c19-18(20,21)14-4-2-13(3-5-14)16(24)9-12-1-6-15(23-10-12)17-11-22-7-8-25-17/h1-6,10,17,22H,7-9,11H2/t17-/m0/s1. The highest BCUT2D eigenvalue weighted by molar-refractivity contribution is 5.97. The molecule has 0 saturated carbocycles. The molecule has 3 rings (SSSR count). The van der Waals surface area contributed by atoms with Gasteiger partial charge in [-0.3, -0.25) is 9.78 Å². The molecule has 0 unspecified atom stereocenters. The van der Waals surface area contributed by atoms with Crippen molar-refractivity contribution in [3.63, 3.8) is 0 Å². The van der Waals surface area contributed by atoms with Crippen molar-refractivity contribution in [3.05, 3.63) is 65.0 Å². The second kappa shape index (κ2) is 7.33. The third-order valence-electron chi connectivity index (χ3n) is 4.00. The van der Waals surface area contributed by atoms with Gasteiger partial charge in [0.15, 0.2) is 5.78 Å². The normalized spacial score (nSPS) is 18.1. The first-order valence-electron chi connectivity index (χ1n) is 7.91. The van der Waals surface area contributed by atoms with E-state index in [-0.39, 0.29) is 23.9 Å². The van der Waals surface area contributed by atoms with Crippen molar-refractivity contribution < 1.29 is 22.7 Å². The fourth-order valence-corrected chi connectivity index (χ4v) is 2.62. The Morgan fingerprint density at radius 2 is 1.96 bits per heavy atom. The fraction of sp³-hybridized carbons (Fsp3) is 0.333. The second-order valence-corrected chi connectivity index (χ2v) is 5.83. The zero-order valence-electron chi connectivity index (χ0n) is 13.3. The summed E-state index contributed by atoms with van der Waals surface area (Å²) >= 11 is 0.